The van der Waals surface area contributed by atoms with Gasteiger partial charge >= 0.3 is 0 Å². The van der Waals surface area contributed by atoms with Crippen molar-refractivity contribution in [1.29, 1.82) is 5.41 Å². The number of amidine groups is 1. The van der Waals surface area contributed by atoms with Gasteiger partial charge in [-0.1, -0.05) is 31.0 Å². The number of anilines is 1. The van der Waals surface area contributed by atoms with Crippen LogP contribution in [-0.4, -0.2) is 59.5 Å². The molecule has 0 spiro atoms. The highest BCUT2D eigenvalue weighted by atomic mass is 32.1. The van der Waals surface area contributed by atoms with Gasteiger partial charge in [0.2, 0.25) is 0 Å². The van der Waals surface area contributed by atoms with Gasteiger partial charge in [0.25, 0.3) is 5.91 Å². The lowest BCUT2D eigenvalue weighted by atomic mass is 10.1. The third-order valence-corrected chi connectivity index (χ3v) is 7.50. The van der Waals surface area contributed by atoms with Crippen LogP contribution in [0.5, 0.6) is 0 Å². The lowest BCUT2D eigenvalue weighted by molar-refractivity contribution is 0.0948. The Morgan fingerprint density at radius 3 is 2.68 bits per heavy atom. The number of rotatable bonds is 6. The minimum absolute atomic E-state index is 0.119. The molecule has 0 aliphatic carbocycles. The molecule has 2 aromatic carbocycles. The summed E-state index contributed by atoms with van der Waals surface area (Å²) in [6.45, 7) is 3.88. The molecule has 0 saturated carbocycles. The molecule has 2 aliphatic heterocycles. The highest BCUT2D eigenvalue weighted by Crippen LogP contribution is 2.35. The van der Waals surface area contributed by atoms with Crippen molar-refractivity contribution in [1.82, 2.24) is 15.2 Å². The third kappa shape index (κ3) is 4.69. The molecule has 1 fully saturated rings. The SMILES string of the molecule is N=C1C(c2nc3ccccc3s2)=C(O)CN1c1cccc(C(=O)NCCN2CCCCCC2)c1. The summed E-state index contributed by atoms with van der Waals surface area (Å²) < 4.78 is 1.02. The number of para-hydroxylation sites is 1. The molecule has 176 valence electrons. The molecule has 0 bridgehead atoms. The normalized spacial score (nSPS) is 17.4. The van der Waals surface area contributed by atoms with Crippen LogP contribution in [0.25, 0.3) is 15.8 Å². The molecule has 0 atom stereocenters. The monoisotopic (exact) mass is 475 g/mol. The number of hydrogen-bond donors (Lipinski definition) is 3. The molecule has 2 aliphatic rings. The first-order chi connectivity index (χ1) is 16.6. The summed E-state index contributed by atoms with van der Waals surface area (Å²) in [4.78, 5) is 21.5. The van der Waals surface area contributed by atoms with E-state index in [-0.39, 0.29) is 24.0 Å². The third-order valence-electron chi connectivity index (χ3n) is 6.44. The molecule has 5 rings (SSSR count). The number of aliphatic hydroxyl groups excluding tert-OH is 1. The van der Waals surface area contributed by atoms with Crippen LogP contribution in [0.4, 0.5) is 5.69 Å². The average molecular weight is 476 g/mol. The summed E-state index contributed by atoms with van der Waals surface area (Å²) in [5, 5.41) is 23.1. The Bertz CT molecular complexity index is 1210. The average Bonchev–Trinajstić information content (AvgIpc) is 3.28. The smallest absolute Gasteiger partial charge is 0.251 e. The van der Waals surface area contributed by atoms with Crippen molar-refractivity contribution in [2.24, 2.45) is 0 Å². The van der Waals surface area contributed by atoms with Gasteiger partial charge in [-0.2, -0.15) is 0 Å². The van der Waals surface area contributed by atoms with Gasteiger partial charge in [-0.15, -0.1) is 11.3 Å². The lowest BCUT2D eigenvalue weighted by Gasteiger charge is -2.20. The number of aliphatic hydroxyl groups is 1. The Labute approximate surface area is 203 Å². The molecule has 1 saturated heterocycles. The molecule has 1 aromatic heterocycles. The predicted octanol–water partition coefficient (Wildman–Crippen LogP) is 4.67. The Morgan fingerprint density at radius 2 is 1.88 bits per heavy atom. The molecule has 3 heterocycles. The molecule has 0 radical (unpaired) electrons. The number of aromatic nitrogens is 1. The minimum atomic E-state index is -0.119. The van der Waals surface area contributed by atoms with Crippen molar-refractivity contribution in [3.63, 3.8) is 0 Å². The van der Waals surface area contributed by atoms with Gasteiger partial charge < -0.3 is 20.2 Å². The van der Waals surface area contributed by atoms with E-state index in [1.54, 1.807) is 17.0 Å². The first-order valence-electron chi connectivity index (χ1n) is 11.9. The predicted molar refractivity (Wildman–Crippen MR) is 138 cm³/mol. The van der Waals surface area contributed by atoms with E-state index in [1.165, 1.54) is 37.0 Å². The molecule has 7 nitrogen and oxygen atoms in total. The zero-order chi connectivity index (χ0) is 23.5. The second kappa shape index (κ2) is 9.95. The molecular weight excluding hydrogens is 446 g/mol. The van der Waals surface area contributed by atoms with Gasteiger partial charge in [-0.05, 0) is 56.3 Å². The van der Waals surface area contributed by atoms with E-state index in [0.717, 1.165) is 29.9 Å². The Hall–Kier alpha value is -3.23. The Morgan fingerprint density at radius 1 is 1.09 bits per heavy atom. The molecule has 3 N–H and O–H groups in total. The van der Waals surface area contributed by atoms with Gasteiger partial charge in [0, 0.05) is 24.3 Å². The van der Waals surface area contributed by atoms with Crippen molar-refractivity contribution in [3.05, 3.63) is 64.9 Å². The van der Waals surface area contributed by atoms with Crippen molar-refractivity contribution in [2.75, 3.05) is 37.6 Å². The number of hydrogen-bond acceptors (Lipinski definition) is 6. The van der Waals surface area contributed by atoms with E-state index in [0.29, 0.717) is 28.4 Å². The zero-order valence-corrected chi connectivity index (χ0v) is 19.9. The van der Waals surface area contributed by atoms with E-state index in [9.17, 15) is 9.90 Å². The topological polar surface area (TPSA) is 92.5 Å². The Kier molecular flexibility index (Phi) is 6.60. The van der Waals surface area contributed by atoms with Gasteiger partial charge in [0.05, 0.1) is 22.3 Å². The molecule has 34 heavy (non-hydrogen) atoms. The number of benzene rings is 2. The molecule has 0 unspecified atom stereocenters. The maximum atomic E-state index is 12.8. The van der Waals surface area contributed by atoms with Gasteiger partial charge in [-0.25, -0.2) is 4.98 Å². The van der Waals surface area contributed by atoms with Gasteiger partial charge in [0.15, 0.2) is 0 Å². The standard InChI is InChI=1S/C26H29N5O2S/c27-24-23(26-29-20-10-3-4-11-22(20)34-26)21(32)17-31(24)19-9-7-8-18(16-19)25(33)28-12-15-30-13-5-1-2-6-14-30/h3-4,7-11,16,27,32H,1-2,5-6,12-15,17H2,(H,28,33). The number of amides is 1. The van der Waals surface area contributed by atoms with E-state index < -0.39 is 0 Å². The highest BCUT2D eigenvalue weighted by Gasteiger charge is 2.31. The van der Waals surface area contributed by atoms with Crippen LogP contribution < -0.4 is 10.2 Å². The lowest BCUT2D eigenvalue weighted by Crippen LogP contribution is -2.35. The van der Waals surface area contributed by atoms with Crippen LogP contribution >= 0.6 is 11.3 Å². The summed E-state index contributed by atoms with van der Waals surface area (Å²) >= 11 is 1.46. The first kappa shape index (κ1) is 22.6. The fourth-order valence-electron chi connectivity index (χ4n) is 4.61. The van der Waals surface area contributed by atoms with E-state index >= 15 is 0 Å². The molecule has 1 amide bonds. The maximum absolute atomic E-state index is 12.8. The number of nitrogens with zero attached hydrogens (tertiary/aromatic N) is 3. The van der Waals surface area contributed by atoms with Crippen molar-refractivity contribution in [2.45, 2.75) is 25.7 Å². The second-order valence-corrected chi connectivity index (χ2v) is 9.84. The minimum Gasteiger partial charge on any atom is -0.510 e. The summed E-state index contributed by atoms with van der Waals surface area (Å²) in [5.41, 5.74) is 2.56. The summed E-state index contributed by atoms with van der Waals surface area (Å²) in [6.07, 6.45) is 5.06. The fraction of sp³-hybridized carbons (Fsp3) is 0.346. The molecular formula is C26H29N5O2S. The first-order valence-corrected chi connectivity index (χ1v) is 12.7. The van der Waals surface area contributed by atoms with Crippen LogP contribution in [0.2, 0.25) is 0 Å². The Balaban J connectivity index is 1.26. The van der Waals surface area contributed by atoms with Crippen LogP contribution in [0.1, 0.15) is 41.0 Å². The summed E-state index contributed by atoms with van der Waals surface area (Å²) in [5.74, 6) is 0.192. The van der Waals surface area contributed by atoms with Crippen LogP contribution in [0.3, 0.4) is 0 Å². The number of fused-ring (bicyclic) bond motifs is 1. The number of likely N-dealkylation sites (tertiary alicyclic amines) is 1. The van der Waals surface area contributed by atoms with E-state index in [4.69, 9.17) is 5.41 Å². The number of carbonyl (C=O) groups excluding carboxylic acids is 1. The summed E-state index contributed by atoms with van der Waals surface area (Å²) in [6, 6.07) is 15.0. The van der Waals surface area contributed by atoms with Gasteiger partial charge in [-0.3, -0.25) is 10.2 Å². The van der Waals surface area contributed by atoms with Crippen molar-refractivity contribution in [3.8, 4) is 0 Å². The quantitative estimate of drug-likeness (QED) is 0.482. The van der Waals surface area contributed by atoms with E-state index in [2.05, 4.69) is 15.2 Å². The number of nitrogens with one attached hydrogen (secondary N) is 2. The van der Waals surface area contributed by atoms with Crippen LogP contribution in [0, 0.1) is 5.41 Å². The number of thiazole rings is 1. The number of carbonyl (C=O) groups is 1. The molecule has 3 aromatic rings. The van der Waals surface area contributed by atoms with Crippen LogP contribution in [-0.2, 0) is 0 Å². The highest BCUT2D eigenvalue weighted by molar-refractivity contribution is 7.19. The second-order valence-electron chi connectivity index (χ2n) is 8.81. The fourth-order valence-corrected chi connectivity index (χ4v) is 5.64. The zero-order valence-electron chi connectivity index (χ0n) is 19.1. The van der Waals surface area contributed by atoms with E-state index in [1.807, 2.05) is 36.4 Å². The van der Waals surface area contributed by atoms with Crippen molar-refractivity contribution >= 4 is 44.6 Å². The van der Waals surface area contributed by atoms with Gasteiger partial charge in [0.1, 0.15) is 16.6 Å². The largest absolute Gasteiger partial charge is 0.510 e. The molecule has 8 heteroatoms. The maximum Gasteiger partial charge on any atom is 0.251 e. The summed E-state index contributed by atoms with van der Waals surface area (Å²) in [7, 11) is 0. The van der Waals surface area contributed by atoms with Crippen LogP contribution in [0.15, 0.2) is 54.3 Å². The van der Waals surface area contributed by atoms with Crippen molar-refractivity contribution < 1.29 is 9.90 Å².